The first kappa shape index (κ1) is 12.0. The summed E-state index contributed by atoms with van der Waals surface area (Å²) in [4.78, 5) is 2.50. The van der Waals surface area contributed by atoms with Crippen molar-refractivity contribution in [2.75, 3.05) is 20.1 Å². The van der Waals surface area contributed by atoms with Crippen molar-refractivity contribution in [1.82, 2.24) is 4.90 Å². The second kappa shape index (κ2) is 4.55. The molecule has 0 bridgehead atoms. The molecule has 0 radical (unpaired) electrons. The van der Waals surface area contributed by atoms with Gasteiger partial charge in [-0.3, -0.25) is 0 Å². The van der Waals surface area contributed by atoms with Gasteiger partial charge in [0, 0.05) is 6.54 Å². The van der Waals surface area contributed by atoms with Crippen LogP contribution in [0.15, 0.2) is 29.8 Å². The first-order valence-corrected chi connectivity index (χ1v) is 7.11. The number of benzene rings is 1. The number of hydrogen-bond acceptors (Lipinski definition) is 1. The fraction of sp³-hybridized carbons (Fsp3) is 0.529. The van der Waals surface area contributed by atoms with Crippen molar-refractivity contribution >= 4 is 5.57 Å². The summed E-state index contributed by atoms with van der Waals surface area (Å²) in [6.45, 7) is 7.18. The topological polar surface area (TPSA) is 3.24 Å². The fourth-order valence-corrected chi connectivity index (χ4v) is 3.83. The van der Waals surface area contributed by atoms with E-state index >= 15 is 0 Å². The van der Waals surface area contributed by atoms with Crippen molar-refractivity contribution in [3.8, 4) is 0 Å². The molecular weight excluding hydrogens is 218 g/mol. The fourth-order valence-electron chi connectivity index (χ4n) is 3.83. The molecule has 18 heavy (non-hydrogen) atoms. The number of fused-ring (bicyclic) bond motifs is 2. The van der Waals surface area contributed by atoms with Gasteiger partial charge in [0.1, 0.15) is 0 Å². The van der Waals surface area contributed by atoms with Gasteiger partial charge < -0.3 is 4.90 Å². The molecule has 1 heteroatoms. The molecule has 96 valence electrons. The summed E-state index contributed by atoms with van der Waals surface area (Å²) in [7, 11) is 2.26. The Balaban J connectivity index is 2.06. The van der Waals surface area contributed by atoms with Crippen LogP contribution in [0.2, 0.25) is 0 Å². The number of rotatable bonds is 0. The van der Waals surface area contributed by atoms with Crippen molar-refractivity contribution in [2.24, 2.45) is 11.8 Å². The molecule has 1 aromatic carbocycles. The van der Waals surface area contributed by atoms with Crippen molar-refractivity contribution in [2.45, 2.75) is 26.7 Å². The van der Waals surface area contributed by atoms with Gasteiger partial charge in [0.05, 0.1) is 0 Å². The van der Waals surface area contributed by atoms with Crippen molar-refractivity contribution in [1.29, 1.82) is 0 Å². The van der Waals surface area contributed by atoms with Crippen LogP contribution in [-0.2, 0) is 6.42 Å². The summed E-state index contributed by atoms with van der Waals surface area (Å²) >= 11 is 0. The van der Waals surface area contributed by atoms with Crippen molar-refractivity contribution in [3.05, 3.63) is 41.0 Å². The van der Waals surface area contributed by atoms with E-state index in [0.29, 0.717) is 0 Å². The Morgan fingerprint density at radius 1 is 1.17 bits per heavy atom. The van der Waals surface area contributed by atoms with Crippen LogP contribution < -0.4 is 0 Å². The van der Waals surface area contributed by atoms with E-state index in [1.165, 1.54) is 37.1 Å². The van der Waals surface area contributed by atoms with Crippen molar-refractivity contribution < 1.29 is 0 Å². The first-order valence-electron chi connectivity index (χ1n) is 7.11. The van der Waals surface area contributed by atoms with Crippen LogP contribution in [0.4, 0.5) is 0 Å². The van der Waals surface area contributed by atoms with Crippen molar-refractivity contribution in [3.63, 3.8) is 0 Å². The van der Waals surface area contributed by atoms with E-state index in [9.17, 15) is 0 Å². The maximum absolute atomic E-state index is 2.50. The second-order valence-corrected chi connectivity index (χ2v) is 6.09. The van der Waals surface area contributed by atoms with Gasteiger partial charge in [-0.1, -0.05) is 29.8 Å². The molecular formula is C17H23N. The Kier molecular flexibility index (Phi) is 3.03. The minimum Gasteiger partial charge on any atom is -0.306 e. The highest BCUT2D eigenvalue weighted by molar-refractivity contribution is 5.70. The van der Waals surface area contributed by atoms with Crippen LogP contribution in [0.25, 0.3) is 5.57 Å². The summed E-state index contributed by atoms with van der Waals surface area (Å²) < 4.78 is 0. The maximum Gasteiger partial charge on any atom is 0.00155 e. The van der Waals surface area contributed by atoms with E-state index in [1.54, 1.807) is 11.1 Å². The van der Waals surface area contributed by atoms with Crippen LogP contribution in [0.1, 0.15) is 31.4 Å². The van der Waals surface area contributed by atoms with E-state index in [1.807, 2.05) is 0 Å². The van der Waals surface area contributed by atoms with Gasteiger partial charge in [0.15, 0.2) is 0 Å². The number of hydrogen-bond donors (Lipinski definition) is 0. The van der Waals surface area contributed by atoms with Crippen LogP contribution in [0, 0.1) is 11.8 Å². The highest BCUT2D eigenvalue weighted by atomic mass is 15.1. The number of piperidine rings is 1. The van der Waals surface area contributed by atoms with Gasteiger partial charge in [-0.25, -0.2) is 0 Å². The molecule has 2 atom stereocenters. The lowest BCUT2D eigenvalue weighted by atomic mass is 9.79. The Hall–Kier alpha value is -1.08. The SMILES string of the molecule is CC1=C(C)[C@@H]2CCN(C)C[C@H]2Cc2ccccc21. The van der Waals surface area contributed by atoms with Crippen LogP contribution in [0.5, 0.6) is 0 Å². The van der Waals surface area contributed by atoms with E-state index in [-0.39, 0.29) is 0 Å². The molecule has 2 aliphatic rings. The molecule has 1 aliphatic heterocycles. The summed E-state index contributed by atoms with van der Waals surface area (Å²) in [5.41, 5.74) is 6.21. The van der Waals surface area contributed by atoms with Gasteiger partial charge >= 0.3 is 0 Å². The number of allylic oxidation sites excluding steroid dienone is 2. The Morgan fingerprint density at radius 2 is 1.94 bits per heavy atom. The monoisotopic (exact) mass is 241 g/mol. The van der Waals surface area contributed by atoms with Gasteiger partial charge in [-0.2, -0.15) is 0 Å². The Morgan fingerprint density at radius 3 is 2.78 bits per heavy atom. The third-order valence-electron chi connectivity index (χ3n) is 4.99. The van der Waals surface area contributed by atoms with Gasteiger partial charge in [0.2, 0.25) is 0 Å². The van der Waals surface area contributed by atoms with E-state index in [4.69, 9.17) is 0 Å². The largest absolute Gasteiger partial charge is 0.306 e. The van der Waals surface area contributed by atoms with Gasteiger partial charge in [-0.15, -0.1) is 0 Å². The zero-order chi connectivity index (χ0) is 12.7. The normalized spacial score (nSPS) is 28.6. The zero-order valence-corrected chi connectivity index (χ0v) is 11.7. The second-order valence-electron chi connectivity index (χ2n) is 6.09. The highest BCUT2D eigenvalue weighted by Crippen LogP contribution is 2.39. The molecule has 3 rings (SSSR count). The average Bonchev–Trinajstić information content (AvgIpc) is 2.47. The van der Waals surface area contributed by atoms with E-state index in [0.717, 1.165) is 11.8 Å². The van der Waals surface area contributed by atoms with Gasteiger partial charge in [-0.05, 0) is 68.8 Å². The minimum absolute atomic E-state index is 0.800. The quantitative estimate of drug-likeness (QED) is 0.671. The third-order valence-corrected chi connectivity index (χ3v) is 4.99. The lowest BCUT2D eigenvalue weighted by molar-refractivity contribution is 0.164. The lowest BCUT2D eigenvalue weighted by Crippen LogP contribution is -2.39. The predicted octanol–water partition coefficient (Wildman–Crippen LogP) is 3.60. The first-order chi connectivity index (χ1) is 8.66. The summed E-state index contributed by atoms with van der Waals surface area (Å²) in [6, 6.07) is 8.99. The summed E-state index contributed by atoms with van der Waals surface area (Å²) in [6.07, 6.45) is 2.58. The minimum atomic E-state index is 0.800. The predicted molar refractivity (Wildman–Crippen MR) is 77.5 cm³/mol. The molecule has 0 spiro atoms. The molecule has 1 aromatic rings. The molecule has 1 aliphatic carbocycles. The zero-order valence-electron chi connectivity index (χ0n) is 11.7. The van der Waals surface area contributed by atoms with E-state index < -0.39 is 0 Å². The Bertz CT molecular complexity index is 486. The molecule has 1 heterocycles. The molecule has 0 aromatic heterocycles. The molecule has 1 saturated heterocycles. The summed E-state index contributed by atoms with van der Waals surface area (Å²) in [5, 5.41) is 0. The number of likely N-dealkylation sites (tertiary alicyclic amines) is 1. The standard InChI is InChI=1S/C17H23N/c1-12-13(2)17-8-9-18(3)11-15(17)10-14-6-4-5-7-16(12)14/h4-7,15,17H,8-11H2,1-3H3/t15-,17+/m1/s1. The van der Waals surface area contributed by atoms with Gasteiger partial charge in [0.25, 0.3) is 0 Å². The maximum atomic E-state index is 2.50. The highest BCUT2D eigenvalue weighted by Gasteiger charge is 2.32. The smallest absolute Gasteiger partial charge is 0.00155 e. The third kappa shape index (κ3) is 1.91. The average molecular weight is 241 g/mol. The van der Waals surface area contributed by atoms with E-state index in [2.05, 4.69) is 50.1 Å². The molecule has 0 N–H and O–H groups in total. The van der Waals surface area contributed by atoms with Crippen LogP contribution in [-0.4, -0.2) is 25.0 Å². The lowest BCUT2D eigenvalue weighted by Gasteiger charge is -2.37. The molecule has 0 saturated carbocycles. The molecule has 1 nitrogen and oxygen atoms in total. The molecule has 0 amide bonds. The van der Waals surface area contributed by atoms with Crippen LogP contribution in [0.3, 0.4) is 0 Å². The molecule has 0 unspecified atom stereocenters. The van der Waals surface area contributed by atoms with Crippen LogP contribution >= 0.6 is 0 Å². The molecule has 1 fully saturated rings. The number of nitrogens with zero attached hydrogens (tertiary/aromatic N) is 1. The summed E-state index contributed by atoms with van der Waals surface area (Å²) in [5.74, 6) is 1.61. The Labute approximate surface area is 111 Å².